The van der Waals surface area contributed by atoms with E-state index in [1.165, 1.54) is 11.8 Å². The lowest BCUT2D eigenvalue weighted by molar-refractivity contribution is -0.118. The van der Waals surface area contributed by atoms with Crippen LogP contribution in [0.2, 0.25) is 0 Å². The molecule has 0 atom stereocenters. The van der Waals surface area contributed by atoms with E-state index in [1.807, 2.05) is 54.6 Å². The summed E-state index contributed by atoms with van der Waals surface area (Å²) in [4.78, 5) is 23.4. The zero-order chi connectivity index (χ0) is 17.9. The molecule has 0 radical (unpaired) electrons. The van der Waals surface area contributed by atoms with E-state index in [9.17, 15) is 9.59 Å². The first-order chi connectivity index (χ1) is 12.2. The van der Waals surface area contributed by atoms with Crippen LogP contribution in [0.15, 0.2) is 59.7 Å². The summed E-state index contributed by atoms with van der Waals surface area (Å²) in [5.41, 5.74) is 4.01. The largest absolute Gasteiger partial charge is 0.497 e. The minimum absolute atomic E-state index is 0.147. The van der Waals surface area contributed by atoms with Crippen LogP contribution in [0.25, 0.3) is 0 Å². The van der Waals surface area contributed by atoms with Gasteiger partial charge in [0.05, 0.1) is 24.8 Å². The summed E-state index contributed by atoms with van der Waals surface area (Å²) in [6.07, 6.45) is 1.55. The second-order valence-corrected chi connectivity index (χ2v) is 5.96. The zero-order valence-electron chi connectivity index (χ0n) is 13.8. The van der Waals surface area contributed by atoms with E-state index < -0.39 is 0 Å². The van der Waals surface area contributed by atoms with Crippen LogP contribution in [0, 0.1) is 0 Å². The molecular formula is C18H19N3O3S. The number of hydrogen-bond acceptors (Lipinski definition) is 5. The van der Waals surface area contributed by atoms with Crippen LogP contribution >= 0.6 is 11.8 Å². The fraction of sp³-hybridized carbons (Fsp3) is 0.167. The molecule has 0 aliphatic rings. The van der Waals surface area contributed by atoms with Gasteiger partial charge in [0.1, 0.15) is 5.75 Å². The molecule has 2 N–H and O–H groups in total. The molecule has 2 aromatic rings. The van der Waals surface area contributed by atoms with Gasteiger partial charge in [-0.15, -0.1) is 11.8 Å². The molecule has 0 spiro atoms. The first kappa shape index (κ1) is 18.5. The van der Waals surface area contributed by atoms with Gasteiger partial charge < -0.3 is 10.1 Å². The van der Waals surface area contributed by atoms with Gasteiger partial charge in [-0.05, 0) is 42.0 Å². The standard InChI is InChI=1S/C18H19N3O3S/c1-24-16-9-7-14(8-10-16)11-19-21-18(23)13-25-12-17(22)20-15-5-3-2-4-6-15/h2-11H,12-13H2,1H3,(H,20,22)(H,21,23)/b19-11-. The molecule has 2 rings (SSSR count). The molecule has 130 valence electrons. The molecular weight excluding hydrogens is 338 g/mol. The number of nitrogens with zero attached hydrogens (tertiary/aromatic N) is 1. The first-order valence-electron chi connectivity index (χ1n) is 7.56. The summed E-state index contributed by atoms with van der Waals surface area (Å²) in [6, 6.07) is 16.5. The Labute approximate surface area is 150 Å². The molecule has 0 saturated heterocycles. The molecule has 2 aromatic carbocycles. The summed E-state index contributed by atoms with van der Waals surface area (Å²) in [6.45, 7) is 0. The van der Waals surface area contributed by atoms with E-state index in [-0.39, 0.29) is 23.3 Å². The Bertz CT molecular complexity index is 718. The molecule has 2 amide bonds. The molecule has 0 fully saturated rings. The topological polar surface area (TPSA) is 79.8 Å². The van der Waals surface area contributed by atoms with Crippen molar-refractivity contribution in [3.63, 3.8) is 0 Å². The summed E-state index contributed by atoms with van der Waals surface area (Å²) in [7, 11) is 1.60. The number of nitrogens with one attached hydrogen (secondary N) is 2. The van der Waals surface area contributed by atoms with E-state index in [0.717, 1.165) is 17.0 Å². The molecule has 0 aliphatic heterocycles. The molecule has 0 unspecified atom stereocenters. The van der Waals surface area contributed by atoms with Crippen LogP contribution in [0.5, 0.6) is 5.75 Å². The lowest BCUT2D eigenvalue weighted by Crippen LogP contribution is -2.21. The Morgan fingerprint density at radius 1 is 1.04 bits per heavy atom. The monoisotopic (exact) mass is 357 g/mol. The number of hydrogen-bond donors (Lipinski definition) is 2. The lowest BCUT2D eigenvalue weighted by atomic mass is 10.2. The SMILES string of the molecule is COc1ccc(/C=N\NC(=O)CSCC(=O)Nc2ccccc2)cc1. The highest BCUT2D eigenvalue weighted by Crippen LogP contribution is 2.09. The molecule has 0 aliphatic carbocycles. The van der Waals surface area contributed by atoms with Crippen molar-refractivity contribution in [3.8, 4) is 5.75 Å². The second-order valence-electron chi connectivity index (χ2n) is 4.97. The van der Waals surface area contributed by atoms with E-state index in [2.05, 4.69) is 15.8 Å². The number of para-hydroxylation sites is 1. The van der Waals surface area contributed by atoms with Gasteiger partial charge in [0, 0.05) is 5.69 Å². The van der Waals surface area contributed by atoms with Gasteiger partial charge in [0.2, 0.25) is 11.8 Å². The third-order valence-electron chi connectivity index (χ3n) is 3.04. The number of anilines is 1. The number of thioether (sulfide) groups is 1. The molecule has 25 heavy (non-hydrogen) atoms. The third kappa shape index (κ3) is 7.09. The van der Waals surface area contributed by atoms with Gasteiger partial charge in [-0.2, -0.15) is 5.10 Å². The second kappa shape index (κ2) is 10.1. The first-order valence-corrected chi connectivity index (χ1v) is 8.71. The van der Waals surface area contributed by atoms with Crippen LogP contribution < -0.4 is 15.5 Å². The van der Waals surface area contributed by atoms with Crippen molar-refractivity contribution < 1.29 is 14.3 Å². The minimum Gasteiger partial charge on any atom is -0.497 e. The quantitative estimate of drug-likeness (QED) is 0.562. The highest BCUT2D eigenvalue weighted by atomic mass is 32.2. The maximum atomic E-state index is 11.7. The molecule has 7 heteroatoms. The van der Waals surface area contributed by atoms with Crippen LogP contribution in [-0.2, 0) is 9.59 Å². The smallest absolute Gasteiger partial charge is 0.250 e. The summed E-state index contributed by atoms with van der Waals surface area (Å²) in [5.74, 6) is 0.700. The van der Waals surface area contributed by atoms with E-state index in [0.29, 0.717) is 0 Å². The average molecular weight is 357 g/mol. The van der Waals surface area contributed by atoms with Crippen LogP contribution in [-0.4, -0.2) is 36.6 Å². The van der Waals surface area contributed by atoms with Crippen molar-refractivity contribution in [1.82, 2.24) is 5.43 Å². The molecule has 0 heterocycles. The third-order valence-corrected chi connectivity index (χ3v) is 3.98. The average Bonchev–Trinajstić information content (AvgIpc) is 2.63. The van der Waals surface area contributed by atoms with Crippen molar-refractivity contribution in [2.45, 2.75) is 0 Å². The van der Waals surface area contributed by atoms with Crippen LogP contribution in [0.1, 0.15) is 5.56 Å². The summed E-state index contributed by atoms with van der Waals surface area (Å²) >= 11 is 1.23. The number of methoxy groups -OCH3 is 1. The van der Waals surface area contributed by atoms with Gasteiger partial charge >= 0.3 is 0 Å². The van der Waals surface area contributed by atoms with E-state index in [4.69, 9.17) is 4.74 Å². The van der Waals surface area contributed by atoms with Crippen LogP contribution in [0.3, 0.4) is 0 Å². The van der Waals surface area contributed by atoms with Crippen molar-refractivity contribution in [3.05, 3.63) is 60.2 Å². The number of benzene rings is 2. The fourth-order valence-electron chi connectivity index (χ4n) is 1.86. The van der Waals surface area contributed by atoms with Crippen molar-refractivity contribution >= 4 is 35.5 Å². The van der Waals surface area contributed by atoms with E-state index >= 15 is 0 Å². The van der Waals surface area contributed by atoms with Crippen molar-refractivity contribution in [2.75, 3.05) is 23.9 Å². The Hall–Kier alpha value is -2.80. The number of carbonyl (C=O) groups excluding carboxylic acids is 2. The number of ether oxygens (including phenoxy) is 1. The summed E-state index contributed by atoms with van der Waals surface area (Å²) < 4.78 is 5.06. The Balaban J connectivity index is 1.64. The number of rotatable bonds is 8. The van der Waals surface area contributed by atoms with Gasteiger partial charge in [-0.3, -0.25) is 9.59 Å². The maximum Gasteiger partial charge on any atom is 0.250 e. The normalized spacial score (nSPS) is 10.4. The number of carbonyl (C=O) groups is 2. The fourth-order valence-corrected chi connectivity index (χ4v) is 2.47. The van der Waals surface area contributed by atoms with Gasteiger partial charge in [0.25, 0.3) is 0 Å². The summed E-state index contributed by atoms with van der Waals surface area (Å²) in [5, 5.41) is 6.64. The maximum absolute atomic E-state index is 11.7. The van der Waals surface area contributed by atoms with Crippen molar-refractivity contribution in [2.24, 2.45) is 5.10 Å². The number of amides is 2. The molecule has 0 saturated carbocycles. The van der Waals surface area contributed by atoms with Crippen molar-refractivity contribution in [1.29, 1.82) is 0 Å². The Kier molecular flexibility index (Phi) is 7.52. The molecule has 6 nitrogen and oxygen atoms in total. The Morgan fingerprint density at radius 2 is 1.72 bits per heavy atom. The highest BCUT2D eigenvalue weighted by molar-refractivity contribution is 8.00. The zero-order valence-corrected chi connectivity index (χ0v) is 14.6. The Morgan fingerprint density at radius 3 is 2.40 bits per heavy atom. The minimum atomic E-state index is -0.262. The highest BCUT2D eigenvalue weighted by Gasteiger charge is 2.05. The predicted molar refractivity (Wildman–Crippen MR) is 101 cm³/mol. The van der Waals surface area contributed by atoms with Gasteiger partial charge in [-0.1, -0.05) is 18.2 Å². The van der Waals surface area contributed by atoms with Gasteiger partial charge in [-0.25, -0.2) is 5.43 Å². The van der Waals surface area contributed by atoms with E-state index in [1.54, 1.807) is 13.3 Å². The van der Waals surface area contributed by atoms with Crippen LogP contribution in [0.4, 0.5) is 5.69 Å². The molecule has 0 aromatic heterocycles. The predicted octanol–water partition coefficient (Wildman–Crippen LogP) is 2.52. The molecule has 0 bridgehead atoms. The number of hydrazone groups is 1. The lowest BCUT2D eigenvalue weighted by Gasteiger charge is -2.04. The van der Waals surface area contributed by atoms with Gasteiger partial charge in [0.15, 0.2) is 0 Å².